The van der Waals surface area contributed by atoms with E-state index < -0.39 is 0 Å². The number of aromatic nitrogens is 3. The van der Waals surface area contributed by atoms with E-state index in [1.807, 2.05) is 19.1 Å². The molecule has 0 aromatic carbocycles. The highest BCUT2D eigenvalue weighted by Gasteiger charge is 2.34. The molecule has 1 atom stereocenters. The van der Waals surface area contributed by atoms with Crippen molar-refractivity contribution in [3.8, 4) is 5.88 Å². The van der Waals surface area contributed by atoms with Gasteiger partial charge in [0.1, 0.15) is 17.6 Å². The van der Waals surface area contributed by atoms with E-state index in [0.717, 1.165) is 36.6 Å². The summed E-state index contributed by atoms with van der Waals surface area (Å²) >= 11 is 1.47. The predicted octanol–water partition coefficient (Wildman–Crippen LogP) is 2.51. The number of hydrogen-bond donors (Lipinski definition) is 1. The minimum Gasteiger partial charge on any atom is -0.492 e. The first-order valence-corrected chi connectivity index (χ1v) is 9.35. The summed E-state index contributed by atoms with van der Waals surface area (Å²) in [5.74, 6) is 1.64. The summed E-state index contributed by atoms with van der Waals surface area (Å²) < 4.78 is 7.25. The standard InChI is InChI=1S/C17H23N5O2S/c1-11-18-17-22(19-11)16(23)15(25-17)14(13-5-4-10-24-13)21(3)12-6-8-20(2)9-7-12/h4-5,10,12,14,23H,6-9H2,1-3H3. The second-order valence-corrected chi connectivity index (χ2v) is 7.77. The van der Waals surface area contributed by atoms with E-state index >= 15 is 0 Å². The van der Waals surface area contributed by atoms with Crippen LogP contribution in [0.15, 0.2) is 22.8 Å². The SMILES string of the molecule is Cc1nc2sc(C(c3ccco3)N(C)C3CCN(C)CC3)c(O)n2n1. The van der Waals surface area contributed by atoms with E-state index in [9.17, 15) is 5.11 Å². The van der Waals surface area contributed by atoms with Gasteiger partial charge in [0.25, 0.3) is 0 Å². The number of furan rings is 1. The zero-order valence-electron chi connectivity index (χ0n) is 14.7. The molecule has 3 aromatic heterocycles. The topological polar surface area (TPSA) is 70.0 Å². The first kappa shape index (κ1) is 16.6. The number of aryl methyl sites for hydroxylation is 1. The van der Waals surface area contributed by atoms with Gasteiger partial charge >= 0.3 is 0 Å². The van der Waals surface area contributed by atoms with E-state index in [4.69, 9.17) is 4.42 Å². The van der Waals surface area contributed by atoms with Crippen molar-refractivity contribution >= 4 is 16.3 Å². The van der Waals surface area contributed by atoms with Crippen LogP contribution in [-0.4, -0.2) is 62.7 Å². The minimum absolute atomic E-state index is 0.141. The molecule has 1 fully saturated rings. The number of hydrogen-bond acceptors (Lipinski definition) is 7. The van der Waals surface area contributed by atoms with Gasteiger partial charge in [-0.2, -0.15) is 4.52 Å². The van der Waals surface area contributed by atoms with Gasteiger partial charge in [-0.3, -0.25) is 4.90 Å². The zero-order chi connectivity index (χ0) is 17.6. The lowest BCUT2D eigenvalue weighted by Crippen LogP contribution is -2.43. The van der Waals surface area contributed by atoms with Crippen LogP contribution in [0.4, 0.5) is 0 Å². The van der Waals surface area contributed by atoms with E-state index in [1.165, 1.54) is 15.9 Å². The van der Waals surface area contributed by atoms with Gasteiger partial charge in [0.05, 0.1) is 11.1 Å². The molecule has 4 rings (SSSR count). The van der Waals surface area contributed by atoms with E-state index in [1.54, 1.807) is 6.26 Å². The summed E-state index contributed by atoms with van der Waals surface area (Å²) in [6, 6.07) is 4.16. The monoisotopic (exact) mass is 361 g/mol. The summed E-state index contributed by atoms with van der Waals surface area (Å²) in [5.41, 5.74) is 0. The zero-order valence-corrected chi connectivity index (χ0v) is 15.5. The number of nitrogens with zero attached hydrogens (tertiary/aromatic N) is 5. The van der Waals surface area contributed by atoms with Gasteiger partial charge in [-0.1, -0.05) is 11.3 Å². The Morgan fingerprint density at radius 1 is 1.40 bits per heavy atom. The van der Waals surface area contributed by atoms with Crippen molar-refractivity contribution in [2.24, 2.45) is 0 Å². The molecule has 0 saturated carbocycles. The van der Waals surface area contributed by atoms with Crippen LogP contribution in [0.5, 0.6) is 5.88 Å². The van der Waals surface area contributed by atoms with Crippen molar-refractivity contribution in [1.82, 2.24) is 24.4 Å². The maximum absolute atomic E-state index is 10.8. The lowest BCUT2D eigenvalue weighted by molar-refractivity contribution is 0.112. The highest BCUT2D eigenvalue weighted by Crippen LogP contribution is 2.41. The lowest BCUT2D eigenvalue weighted by atomic mass is 10.0. The third kappa shape index (κ3) is 2.94. The van der Waals surface area contributed by atoms with Crippen LogP contribution in [-0.2, 0) is 0 Å². The smallest absolute Gasteiger partial charge is 0.230 e. The third-order valence-corrected chi connectivity index (χ3v) is 6.11. The van der Waals surface area contributed by atoms with Crippen LogP contribution in [0.1, 0.15) is 35.3 Å². The Bertz CT molecular complexity index is 848. The van der Waals surface area contributed by atoms with Crippen LogP contribution in [0.3, 0.4) is 0 Å². The molecule has 1 aliphatic heterocycles. The quantitative estimate of drug-likeness (QED) is 0.770. The molecule has 134 valence electrons. The molecule has 0 amide bonds. The minimum atomic E-state index is -0.141. The lowest BCUT2D eigenvalue weighted by Gasteiger charge is -2.38. The summed E-state index contributed by atoms with van der Waals surface area (Å²) in [5, 5.41) is 15.0. The van der Waals surface area contributed by atoms with Crippen LogP contribution >= 0.6 is 11.3 Å². The largest absolute Gasteiger partial charge is 0.492 e. The number of rotatable bonds is 4. The molecule has 0 aliphatic carbocycles. The van der Waals surface area contributed by atoms with Gasteiger partial charge < -0.3 is 14.4 Å². The number of fused-ring (bicyclic) bond motifs is 1. The van der Waals surface area contributed by atoms with Crippen LogP contribution in [0.25, 0.3) is 4.96 Å². The highest BCUT2D eigenvalue weighted by molar-refractivity contribution is 7.17. The van der Waals surface area contributed by atoms with E-state index in [-0.39, 0.29) is 11.9 Å². The average molecular weight is 361 g/mol. The van der Waals surface area contributed by atoms with Gasteiger partial charge in [-0.05, 0) is 59.1 Å². The van der Waals surface area contributed by atoms with Crippen molar-refractivity contribution in [3.05, 3.63) is 34.9 Å². The summed E-state index contributed by atoms with van der Waals surface area (Å²) in [6.07, 6.45) is 3.89. The Morgan fingerprint density at radius 3 is 2.80 bits per heavy atom. The number of piperidine rings is 1. The molecule has 1 saturated heterocycles. The normalized spacial score (nSPS) is 18.4. The van der Waals surface area contributed by atoms with Crippen LogP contribution in [0, 0.1) is 6.92 Å². The molecule has 0 radical (unpaired) electrons. The first-order chi connectivity index (χ1) is 12.0. The maximum Gasteiger partial charge on any atom is 0.230 e. The fraction of sp³-hybridized carbons (Fsp3) is 0.529. The number of thiazole rings is 1. The summed E-state index contributed by atoms with van der Waals surface area (Å²) in [4.78, 5) is 10.6. The molecule has 1 aliphatic rings. The van der Waals surface area contributed by atoms with Crippen LogP contribution < -0.4 is 0 Å². The summed E-state index contributed by atoms with van der Waals surface area (Å²) in [6.45, 7) is 3.99. The molecule has 0 bridgehead atoms. The molecule has 25 heavy (non-hydrogen) atoms. The average Bonchev–Trinajstić information content (AvgIpc) is 3.29. The Kier molecular flexibility index (Phi) is 4.26. The molecular weight excluding hydrogens is 338 g/mol. The summed E-state index contributed by atoms with van der Waals surface area (Å²) in [7, 11) is 4.28. The van der Waals surface area contributed by atoms with Crippen molar-refractivity contribution in [2.45, 2.75) is 31.8 Å². The highest BCUT2D eigenvalue weighted by atomic mass is 32.1. The van der Waals surface area contributed by atoms with Gasteiger partial charge in [-0.15, -0.1) is 5.10 Å². The Labute approximate surface area is 150 Å². The van der Waals surface area contributed by atoms with Crippen molar-refractivity contribution in [2.75, 3.05) is 27.2 Å². The second kappa shape index (κ2) is 6.44. The molecule has 0 spiro atoms. The molecule has 1 unspecified atom stereocenters. The molecule has 4 heterocycles. The van der Waals surface area contributed by atoms with Gasteiger partial charge in [0.15, 0.2) is 0 Å². The van der Waals surface area contributed by atoms with Gasteiger partial charge in [0.2, 0.25) is 10.8 Å². The predicted molar refractivity (Wildman–Crippen MR) is 96.1 cm³/mol. The van der Waals surface area contributed by atoms with Crippen molar-refractivity contribution in [3.63, 3.8) is 0 Å². The van der Waals surface area contributed by atoms with Crippen molar-refractivity contribution in [1.29, 1.82) is 0 Å². The molecular formula is C17H23N5O2S. The molecule has 1 N–H and O–H groups in total. The second-order valence-electron chi connectivity index (χ2n) is 6.76. The Balaban J connectivity index is 1.73. The van der Waals surface area contributed by atoms with E-state index in [2.05, 4.69) is 34.0 Å². The number of likely N-dealkylation sites (tertiary alicyclic amines) is 1. The Morgan fingerprint density at radius 2 is 2.16 bits per heavy atom. The van der Waals surface area contributed by atoms with Crippen LogP contribution in [0.2, 0.25) is 0 Å². The third-order valence-electron chi connectivity index (χ3n) is 5.04. The molecule has 3 aromatic rings. The van der Waals surface area contributed by atoms with E-state index in [0.29, 0.717) is 16.8 Å². The fourth-order valence-corrected chi connectivity index (χ4v) is 4.76. The van der Waals surface area contributed by atoms with Gasteiger partial charge in [0, 0.05) is 6.04 Å². The molecule has 8 heteroatoms. The fourth-order valence-electron chi connectivity index (χ4n) is 3.60. The molecule has 7 nitrogen and oxygen atoms in total. The van der Waals surface area contributed by atoms with Crippen molar-refractivity contribution < 1.29 is 9.52 Å². The number of aromatic hydroxyl groups is 1. The Hall–Kier alpha value is -1.90. The van der Waals surface area contributed by atoms with Gasteiger partial charge in [-0.25, -0.2) is 4.98 Å². The first-order valence-electron chi connectivity index (χ1n) is 8.53. The maximum atomic E-state index is 10.8.